The molecule has 5 nitrogen and oxygen atoms in total. The van der Waals surface area contributed by atoms with Gasteiger partial charge in [0.05, 0.1) is 6.26 Å². The maximum Gasteiger partial charge on any atom is 0.329 e. The third-order valence-electron chi connectivity index (χ3n) is 4.05. The largest absolute Gasteiger partial charge is 0.460 e. The molecule has 0 aliphatic carbocycles. The van der Waals surface area contributed by atoms with Crippen molar-refractivity contribution in [1.82, 2.24) is 5.32 Å². The molecule has 1 amide bonds. The van der Waals surface area contributed by atoms with Gasteiger partial charge in [0.25, 0.3) is 5.91 Å². The van der Waals surface area contributed by atoms with Crippen LogP contribution in [0.25, 0.3) is 6.08 Å². The Hall–Kier alpha value is -3.60. The van der Waals surface area contributed by atoms with E-state index in [0.29, 0.717) is 6.42 Å². The molecular weight excluding hydrogens is 354 g/mol. The Bertz CT molecular complexity index is 902. The molecule has 3 aromatic rings. The molecule has 5 heteroatoms. The molecule has 0 fully saturated rings. The van der Waals surface area contributed by atoms with E-state index < -0.39 is 17.9 Å². The standard InChI is InChI=1S/C23H21NO4/c25-22(21-14-8-15-27-21)24-20(17-19-11-5-2-6-12-19)23(26)28-16-7-13-18-9-3-1-4-10-18/h1-15,20H,16-17H2,(H,24,25)/t20-/m0/s1. The summed E-state index contributed by atoms with van der Waals surface area (Å²) >= 11 is 0. The van der Waals surface area contributed by atoms with Gasteiger partial charge in [-0.1, -0.05) is 66.7 Å². The number of rotatable bonds is 8. The van der Waals surface area contributed by atoms with Crippen LogP contribution in [-0.2, 0) is 16.0 Å². The van der Waals surface area contributed by atoms with Gasteiger partial charge in [0.1, 0.15) is 12.6 Å². The Morgan fingerprint density at radius 3 is 2.36 bits per heavy atom. The van der Waals surface area contributed by atoms with E-state index in [1.807, 2.05) is 66.7 Å². The molecule has 142 valence electrons. The Kier molecular flexibility index (Phi) is 6.79. The first-order valence-corrected chi connectivity index (χ1v) is 8.99. The van der Waals surface area contributed by atoms with Crippen LogP contribution in [0.5, 0.6) is 0 Å². The lowest BCUT2D eigenvalue weighted by molar-refractivity contribution is -0.144. The number of benzene rings is 2. The van der Waals surface area contributed by atoms with E-state index >= 15 is 0 Å². The lowest BCUT2D eigenvalue weighted by Crippen LogP contribution is -2.43. The van der Waals surface area contributed by atoms with Crippen LogP contribution in [0.3, 0.4) is 0 Å². The Labute approximate surface area is 163 Å². The number of nitrogens with one attached hydrogen (secondary N) is 1. The number of ether oxygens (including phenoxy) is 1. The zero-order valence-electron chi connectivity index (χ0n) is 15.3. The van der Waals surface area contributed by atoms with Crippen molar-refractivity contribution in [3.63, 3.8) is 0 Å². The fraction of sp³-hybridized carbons (Fsp3) is 0.130. The molecule has 3 rings (SSSR count). The van der Waals surface area contributed by atoms with E-state index in [4.69, 9.17) is 9.15 Å². The van der Waals surface area contributed by atoms with Crippen molar-refractivity contribution in [2.75, 3.05) is 6.61 Å². The number of hydrogen-bond donors (Lipinski definition) is 1. The average Bonchev–Trinajstić information content (AvgIpc) is 3.27. The highest BCUT2D eigenvalue weighted by Gasteiger charge is 2.24. The first-order valence-electron chi connectivity index (χ1n) is 8.99. The fourth-order valence-electron chi connectivity index (χ4n) is 2.66. The van der Waals surface area contributed by atoms with Gasteiger partial charge >= 0.3 is 5.97 Å². The molecule has 0 unspecified atom stereocenters. The predicted octanol–water partition coefficient (Wildman–Crippen LogP) is 3.88. The topological polar surface area (TPSA) is 68.5 Å². The van der Waals surface area contributed by atoms with Crippen LogP contribution in [0.4, 0.5) is 0 Å². The summed E-state index contributed by atoms with van der Waals surface area (Å²) in [6, 6.07) is 21.5. The van der Waals surface area contributed by atoms with Crippen molar-refractivity contribution in [3.05, 3.63) is 102 Å². The van der Waals surface area contributed by atoms with Crippen molar-refractivity contribution in [2.45, 2.75) is 12.5 Å². The minimum atomic E-state index is -0.815. The number of carbonyl (C=O) groups is 2. The minimum absolute atomic E-state index is 0.121. The third-order valence-corrected chi connectivity index (χ3v) is 4.05. The zero-order chi connectivity index (χ0) is 19.6. The second kappa shape index (κ2) is 9.92. The third kappa shape index (κ3) is 5.71. The van der Waals surface area contributed by atoms with Crippen molar-refractivity contribution < 1.29 is 18.7 Å². The van der Waals surface area contributed by atoms with Crippen LogP contribution >= 0.6 is 0 Å². The highest BCUT2D eigenvalue weighted by molar-refractivity contribution is 5.94. The van der Waals surface area contributed by atoms with E-state index in [-0.39, 0.29) is 12.4 Å². The highest BCUT2D eigenvalue weighted by Crippen LogP contribution is 2.08. The van der Waals surface area contributed by atoms with Gasteiger partial charge in [0, 0.05) is 6.42 Å². The van der Waals surface area contributed by atoms with Crippen LogP contribution < -0.4 is 5.32 Å². The van der Waals surface area contributed by atoms with Crippen LogP contribution in [0.15, 0.2) is 89.6 Å². The molecule has 0 saturated carbocycles. The Morgan fingerprint density at radius 1 is 0.964 bits per heavy atom. The second-order valence-corrected chi connectivity index (χ2v) is 6.14. The van der Waals surface area contributed by atoms with E-state index in [1.165, 1.54) is 6.26 Å². The highest BCUT2D eigenvalue weighted by atomic mass is 16.5. The lowest BCUT2D eigenvalue weighted by Gasteiger charge is -2.17. The van der Waals surface area contributed by atoms with Crippen molar-refractivity contribution in [3.8, 4) is 0 Å². The molecule has 0 spiro atoms. The van der Waals surface area contributed by atoms with Crippen LogP contribution in [0, 0.1) is 0 Å². The molecule has 28 heavy (non-hydrogen) atoms. The average molecular weight is 375 g/mol. The summed E-state index contributed by atoms with van der Waals surface area (Å²) < 4.78 is 10.4. The molecule has 2 aromatic carbocycles. The summed E-state index contributed by atoms with van der Waals surface area (Å²) in [4.78, 5) is 24.9. The number of carbonyl (C=O) groups excluding carboxylic acids is 2. The van der Waals surface area contributed by atoms with Gasteiger partial charge in [-0.05, 0) is 29.3 Å². The lowest BCUT2D eigenvalue weighted by atomic mass is 10.1. The first-order chi connectivity index (χ1) is 13.7. The molecule has 0 aliphatic rings. The molecule has 0 radical (unpaired) electrons. The molecule has 0 saturated heterocycles. The number of amides is 1. The number of hydrogen-bond acceptors (Lipinski definition) is 4. The van der Waals surface area contributed by atoms with E-state index in [9.17, 15) is 9.59 Å². The van der Waals surface area contributed by atoms with Crippen LogP contribution in [0.2, 0.25) is 0 Å². The second-order valence-electron chi connectivity index (χ2n) is 6.14. The molecule has 1 aromatic heterocycles. The summed E-state index contributed by atoms with van der Waals surface area (Å²) in [5, 5.41) is 2.69. The maximum atomic E-state index is 12.6. The summed E-state index contributed by atoms with van der Waals surface area (Å²) in [6.07, 6.45) is 5.38. The molecule has 0 aliphatic heterocycles. The molecule has 1 N–H and O–H groups in total. The first kappa shape index (κ1) is 19.2. The maximum absolute atomic E-state index is 12.6. The van der Waals surface area contributed by atoms with Gasteiger partial charge in [-0.3, -0.25) is 4.79 Å². The van der Waals surface area contributed by atoms with Crippen molar-refractivity contribution in [2.24, 2.45) is 0 Å². The van der Waals surface area contributed by atoms with E-state index in [2.05, 4.69) is 5.32 Å². The van der Waals surface area contributed by atoms with Gasteiger partial charge < -0.3 is 14.5 Å². The summed E-state index contributed by atoms with van der Waals surface area (Å²) in [5.74, 6) is -0.806. The Morgan fingerprint density at radius 2 is 1.68 bits per heavy atom. The quantitative estimate of drug-likeness (QED) is 0.607. The van der Waals surface area contributed by atoms with Gasteiger partial charge in [0.15, 0.2) is 5.76 Å². The SMILES string of the molecule is O=C(N[C@@H](Cc1ccccc1)C(=O)OCC=Cc1ccccc1)c1ccco1. The number of furan rings is 1. The molecule has 1 atom stereocenters. The van der Waals surface area contributed by atoms with Crippen molar-refractivity contribution >= 4 is 18.0 Å². The van der Waals surface area contributed by atoms with E-state index in [1.54, 1.807) is 18.2 Å². The van der Waals surface area contributed by atoms with Gasteiger partial charge in [-0.25, -0.2) is 4.79 Å². The summed E-state index contributed by atoms with van der Waals surface area (Å²) in [6.45, 7) is 0.121. The minimum Gasteiger partial charge on any atom is -0.460 e. The van der Waals surface area contributed by atoms with Crippen LogP contribution in [0.1, 0.15) is 21.7 Å². The Balaban J connectivity index is 1.62. The van der Waals surface area contributed by atoms with Crippen molar-refractivity contribution in [1.29, 1.82) is 0 Å². The van der Waals surface area contributed by atoms with Gasteiger partial charge in [0.2, 0.25) is 0 Å². The summed E-state index contributed by atoms with van der Waals surface area (Å²) in [5.41, 5.74) is 1.94. The van der Waals surface area contributed by atoms with E-state index in [0.717, 1.165) is 11.1 Å². The predicted molar refractivity (Wildman–Crippen MR) is 107 cm³/mol. The zero-order valence-corrected chi connectivity index (χ0v) is 15.3. The molecular formula is C23H21NO4. The summed E-state index contributed by atoms with van der Waals surface area (Å²) in [7, 11) is 0. The monoisotopic (exact) mass is 375 g/mol. The molecule has 0 bridgehead atoms. The fourth-order valence-corrected chi connectivity index (χ4v) is 2.66. The number of esters is 1. The van der Waals surface area contributed by atoms with Gasteiger partial charge in [-0.15, -0.1) is 0 Å². The van der Waals surface area contributed by atoms with Crippen LogP contribution in [-0.4, -0.2) is 24.5 Å². The molecule has 1 heterocycles. The smallest absolute Gasteiger partial charge is 0.329 e. The van der Waals surface area contributed by atoms with Gasteiger partial charge in [-0.2, -0.15) is 0 Å². The normalized spacial score (nSPS) is 11.9.